The van der Waals surface area contributed by atoms with Crippen LogP contribution in [0.25, 0.3) is 10.9 Å². The molecule has 5 rings (SSSR count). The largest absolute Gasteiger partial charge is 0.456 e. The van der Waals surface area contributed by atoms with Gasteiger partial charge in [-0.2, -0.15) is 5.26 Å². The highest BCUT2D eigenvalue weighted by molar-refractivity contribution is 7.90. The number of benzene rings is 3. The third kappa shape index (κ3) is 3.99. The molecule has 0 atom stereocenters. The number of anilines is 1. The molecule has 3 aromatic carbocycles. The zero-order chi connectivity index (χ0) is 23.7. The maximum atomic E-state index is 13.4. The summed E-state index contributed by atoms with van der Waals surface area (Å²) in [5.74, 6) is 0.707. The maximum absolute atomic E-state index is 13.4. The lowest BCUT2D eigenvalue weighted by atomic mass is 10.2. The van der Waals surface area contributed by atoms with Gasteiger partial charge in [0, 0.05) is 43.4 Å². The van der Waals surface area contributed by atoms with Gasteiger partial charge in [-0.25, -0.2) is 12.4 Å². The van der Waals surface area contributed by atoms with Crippen molar-refractivity contribution in [2.24, 2.45) is 0 Å². The molecule has 0 aliphatic carbocycles. The van der Waals surface area contributed by atoms with E-state index in [0.29, 0.717) is 22.0 Å². The number of nitrogens with one attached hydrogen (secondary N) is 1. The van der Waals surface area contributed by atoms with Crippen LogP contribution < -0.4 is 15.0 Å². The van der Waals surface area contributed by atoms with Gasteiger partial charge in [0.1, 0.15) is 23.1 Å². The fourth-order valence-electron chi connectivity index (χ4n) is 4.14. The molecule has 2 heterocycles. The summed E-state index contributed by atoms with van der Waals surface area (Å²) in [5.41, 5.74) is 1.89. The molecule has 172 valence electrons. The highest BCUT2D eigenvalue weighted by Crippen LogP contribution is 2.32. The molecule has 1 N–H and O–H groups in total. The summed E-state index contributed by atoms with van der Waals surface area (Å²) in [7, 11) is -3.82. The minimum absolute atomic E-state index is 0.136. The summed E-state index contributed by atoms with van der Waals surface area (Å²) in [6, 6.07) is 20.6. The number of hydrogen-bond donors (Lipinski definition) is 1. The minimum Gasteiger partial charge on any atom is -0.456 e. The van der Waals surface area contributed by atoms with Crippen molar-refractivity contribution in [3.8, 4) is 17.6 Å². The standard InChI is InChI=1S/C25H21ClN4O3S/c26-22-3-1-6-25(21(22)17-27)33-18-7-9-19(10-8-18)34(31,32)30-14-11-20-23(4-2-5-24(20)30)29-15-12-28-13-16-29/h1-11,14,28H,12-13,15-16H2. The molecule has 7 nitrogen and oxygen atoms in total. The number of ether oxygens (including phenoxy) is 1. The fourth-order valence-corrected chi connectivity index (χ4v) is 5.69. The molecular formula is C25H21ClN4O3S. The van der Waals surface area contributed by atoms with Gasteiger partial charge in [0.2, 0.25) is 0 Å². The number of piperazine rings is 1. The van der Waals surface area contributed by atoms with Crippen molar-refractivity contribution >= 4 is 38.2 Å². The lowest BCUT2D eigenvalue weighted by Crippen LogP contribution is -2.43. The van der Waals surface area contributed by atoms with Crippen LogP contribution in [-0.4, -0.2) is 38.6 Å². The lowest BCUT2D eigenvalue weighted by Gasteiger charge is -2.30. The first-order valence-corrected chi connectivity index (χ1v) is 12.6. The highest BCUT2D eigenvalue weighted by atomic mass is 35.5. The van der Waals surface area contributed by atoms with Crippen molar-refractivity contribution in [1.82, 2.24) is 9.29 Å². The van der Waals surface area contributed by atoms with E-state index in [1.54, 1.807) is 36.5 Å². The van der Waals surface area contributed by atoms with Crippen molar-refractivity contribution in [1.29, 1.82) is 5.26 Å². The van der Waals surface area contributed by atoms with Crippen molar-refractivity contribution in [3.63, 3.8) is 0 Å². The summed E-state index contributed by atoms with van der Waals surface area (Å²) >= 11 is 6.06. The Hall–Kier alpha value is -3.51. The second-order valence-electron chi connectivity index (χ2n) is 7.86. The third-order valence-electron chi connectivity index (χ3n) is 5.83. The average Bonchev–Trinajstić information content (AvgIpc) is 3.30. The number of nitrogens with zero attached hydrogens (tertiary/aromatic N) is 3. The van der Waals surface area contributed by atoms with Gasteiger partial charge in [-0.15, -0.1) is 0 Å². The minimum atomic E-state index is -3.82. The van der Waals surface area contributed by atoms with Crippen LogP contribution in [0.2, 0.25) is 5.02 Å². The normalized spacial score (nSPS) is 14.2. The summed E-state index contributed by atoms with van der Waals surface area (Å²) in [5, 5.41) is 13.8. The van der Waals surface area contributed by atoms with Gasteiger partial charge >= 0.3 is 0 Å². The Morgan fingerprint density at radius 3 is 2.44 bits per heavy atom. The summed E-state index contributed by atoms with van der Waals surface area (Å²) < 4.78 is 34.0. The number of rotatable bonds is 5. The molecule has 34 heavy (non-hydrogen) atoms. The predicted molar refractivity (Wildman–Crippen MR) is 132 cm³/mol. The van der Waals surface area contributed by atoms with E-state index in [1.165, 1.54) is 16.1 Å². The van der Waals surface area contributed by atoms with Crippen molar-refractivity contribution in [3.05, 3.63) is 83.5 Å². The first kappa shape index (κ1) is 22.3. The predicted octanol–water partition coefficient (Wildman–Crippen LogP) is 4.61. The van der Waals surface area contributed by atoms with Gasteiger partial charge in [0.15, 0.2) is 0 Å². The topological polar surface area (TPSA) is 87.4 Å². The molecular weight excluding hydrogens is 472 g/mol. The lowest BCUT2D eigenvalue weighted by molar-refractivity contribution is 0.480. The zero-order valence-electron chi connectivity index (χ0n) is 18.1. The Labute approximate surface area is 202 Å². The van der Waals surface area contributed by atoms with Crippen LogP contribution in [0.3, 0.4) is 0 Å². The van der Waals surface area contributed by atoms with E-state index in [0.717, 1.165) is 37.3 Å². The number of hydrogen-bond acceptors (Lipinski definition) is 6. The van der Waals surface area contributed by atoms with E-state index in [-0.39, 0.29) is 10.5 Å². The first-order valence-electron chi connectivity index (χ1n) is 10.8. The molecule has 0 unspecified atom stereocenters. The first-order chi connectivity index (χ1) is 16.5. The molecule has 9 heteroatoms. The van der Waals surface area contributed by atoms with Gasteiger partial charge < -0.3 is 15.0 Å². The number of fused-ring (bicyclic) bond motifs is 1. The molecule has 0 bridgehead atoms. The molecule has 1 saturated heterocycles. The van der Waals surface area contributed by atoms with Crippen LogP contribution in [0.1, 0.15) is 5.56 Å². The van der Waals surface area contributed by atoms with Crippen LogP contribution >= 0.6 is 11.6 Å². The Morgan fingerprint density at radius 2 is 1.71 bits per heavy atom. The number of nitriles is 1. The molecule has 4 aromatic rings. The Morgan fingerprint density at radius 1 is 0.971 bits per heavy atom. The van der Waals surface area contributed by atoms with Gasteiger partial charge in [-0.05, 0) is 54.6 Å². The fraction of sp³-hybridized carbons (Fsp3) is 0.160. The van der Waals surface area contributed by atoms with E-state index in [2.05, 4.69) is 10.2 Å². The molecule has 1 aliphatic rings. The van der Waals surface area contributed by atoms with Crippen molar-refractivity contribution < 1.29 is 13.2 Å². The van der Waals surface area contributed by atoms with Crippen molar-refractivity contribution in [2.75, 3.05) is 31.1 Å². The van der Waals surface area contributed by atoms with Crippen LogP contribution in [0.15, 0.2) is 77.8 Å². The Kier molecular flexibility index (Phi) is 5.92. The van der Waals surface area contributed by atoms with E-state index < -0.39 is 10.0 Å². The average molecular weight is 493 g/mol. The van der Waals surface area contributed by atoms with Crippen LogP contribution in [0, 0.1) is 11.3 Å². The van der Waals surface area contributed by atoms with E-state index >= 15 is 0 Å². The quantitative estimate of drug-likeness (QED) is 0.438. The zero-order valence-corrected chi connectivity index (χ0v) is 19.7. The van der Waals surface area contributed by atoms with Crippen molar-refractivity contribution in [2.45, 2.75) is 4.90 Å². The Bertz CT molecular complexity index is 1500. The summed E-state index contributed by atoms with van der Waals surface area (Å²) in [4.78, 5) is 2.41. The summed E-state index contributed by atoms with van der Waals surface area (Å²) in [6.45, 7) is 3.54. The van der Waals surface area contributed by atoms with Gasteiger partial charge in [-0.3, -0.25) is 0 Å². The van der Waals surface area contributed by atoms with Gasteiger partial charge in [0.25, 0.3) is 10.0 Å². The summed E-state index contributed by atoms with van der Waals surface area (Å²) in [6.07, 6.45) is 1.60. The molecule has 1 fully saturated rings. The van der Waals surface area contributed by atoms with Crippen LogP contribution in [0.5, 0.6) is 11.5 Å². The molecule has 1 aliphatic heterocycles. The maximum Gasteiger partial charge on any atom is 0.268 e. The van der Waals surface area contributed by atoms with E-state index in [4.69, 9.17) is 16.3 Å². The van der Waals surface area contributed by atoms with E-state index in [1.807, 2.05) is 30.3 Å². The van der Waals surface area contributed by atoms with Crippen LogP contribution in [0.4, 0.5) is 5.69 Å². The number of aromatic nitrogens is 1. The molecule has 0 amide bonds. The van der Waals surface area contributed by atoms with E-state index in [9.17, 15) is 13.7 Å². The number of halogens is 1. The smallest absolute Gasteiger partial charge is 0.268 e. The van der Waals surface area contributed by atoms with Crippen LogP contribution in [-0.2, 0) is 10.0 Å². The monoisotopic (exact) mass is 492 g/mol. The highest BCUT2D eigenvalue weighted by Gasteiger charge is 2.22. The van der Waals surface area contributed by atoms with Gasteiger partial charge in [-0.1, -0.05) is 23.7 Å². The third-order valence-corrected chi connectivity index (χ3v) is 7.85. The Balaban J connectivity index is 1.46. The molecule has 0 radical (unpaired) electrons. The SMILES string of the molecule is N#Cc1c(Cl)cccc1Oc1ccc(S(=O)(=O)n2ccc3c(N4CCNCC4)cccc32)cc1. The molecule has 1 aromatic heterocycles. The second-order valence-corrected chi connectivity index (χ2v) is 10.1. The second kappa shape index (κ2) is 9.03. The molecule has 0 saturated carbocycles. The van der Waals surface area contributed by atoms with Gasteiger partial charge in [0.05, 0.1) is 15.4 Å². The molecule has 0 spiro atoms.